The molecule has 2 rings (SSSR count). The maximum Gasteiger partial charge on any atom is 0.125 e. The van der Waals surface area contributed by atoms with Crippen molar-refractivity contribution in [3.8, 4) is 5.75 Å². The molecule has 0 unspecified atom stereocenters. The molecule has 19 heavy (non-hydrogen) atoms. The second kappa shape index (κ2) is 6.95. The first-order chi connectivity index (χ1) is 9.31. The molecule has 0 fully saturated rings. The molecule has 0 bridgehead atoms. The molecule has 2 nitrogen and oxygen atoms in total. The van der Waals surface area contributed by atoms with Gasteiger partial charge in [0.15, 0.2) is 0 Å². The Morgan fingerprint density at radius 3 is 2.42 bits per heavy atom. The fourth-order valence-corrected chi connectivity index (χ4v) is 2.08. The quantitative estimate of drug-likeness (QED) is 0.845. The molecule has 0 aliphatic carbocycles. The number of para-hydroxylation sites is 1. The van der Waals surface area contributed by atoms with Gasteiger partial charge in [0.25, 0.3) is 0 Å². The lowest BCUT2D eigenvalue weighted by molar-refractivity contribution is 0.193. The third kappa shape index (κ3) is 3.83. The Bertz CT molecular complexity index is 501. The summed E-state index contributed by atoms with van der Waals surface area (Å²) in [5.41, 5.74) is 2.40. The van der Waals surface area contributed by atoms with E-state index in [0.29, 0.717) is 0 Å². The Labute approximate surface area is 116 Å². The van der Waals surface area contributed by atoms with Crippen molar-refractivity contribution in [2.45, 2.75) is 19.4 Å². The fraction of sp³-hybridized carbons (Fsp3) is 0.294. The number of hydrogen-bond acceptors (Lipinski definition) is 2. The molecule has 0 amide bonds. The van der Waals surface area contributed by atoms with Crippen LogP contribution >= 0.6 is 0 Å². The monoisotopic (exact) mass is 257 g/mol. The van der Waals surface area contributed by atoms with E-state index in [1.165, 1.54) is 11.1 Å². The molecule has 0 aromatic heterocycles. The van der Waals surface area contributed by atoms with Gasteiger partial charge in [0, 0.05) is 7.85 Å². The highest BCUT2D eigenvalue weighted by Crippen LogP contribution is 2.26. The zero-order valence-electron chi connectivity index (χ0n) is 11.6. The largest absolute Gasteiger partial charge is 0.485 e. The van der Waals surface area contributed by atoms with Crippen molar-refractivity contribution in [2.75, 3.05) is 13.6 Å². The summed E-state index contributed by atoms with van der Waals surface area (Å²) in [4.78, 5) is 0. The van der Waals surface area contributed by atoms with Crippen molar-refractivity contribution < 1.29 is 6.16 Å². The highest BCUT2D eigenvalue weighted by Gasteiger charge is 2.13. The number of ether oxygens (including phenoxy) is 1. The van der Waals surface area contributed by atoms with Gasteiger partial charge < -0.3 is 10.1 Å². The van der Waals surface area contributed by atoms with E-state index in [9.17, 15) is 0 Å². The molecule has 0 spiro atoms. The average Bonchev–Trinajstić information content (AvgIpc) is 2.46. The lowest BCUT2D eigenvalue weighted by atomic mass is 10.1. The molecule has 102 valence electrons. The predicted molar refractivity (Wildman–Crippen MR) is 81.6 cm³/mol. The summed E-state index contributed by atoms with van der Waals surface area (Å²) >= 11 is 0. The van der Waals surface area contributed by atoms with Crippen molar-refractivity contribution in [3.63, 3.8) is 0 Å². The van der Waals surface area contributed by atoms with E-state index in [2.05, 4.69) is 42.6 Å². The van der Waals surface area contributed by atoms with Crippen molar-refractivity contribution in [1.29, 1.82) is 0 Å². The summed E-state index contributed by atoms with van der Waals surface area (Å²) < 4.78 is 6.19. The second-order valence-electron chi connectivity index (χ2n) is 4.67. The van der Waals surface area contributed by atoms with Gasteiger partial charge in [0.1, 0.15) is 11.9 Å². The minimum Gasteiger partial charge on any atom is -0.485 e. The lowest BCUT2D eigenvalue weighted by Crippen LogP contribution is -2.16. The number of hydrogen-bond donors (Lipinski definition) is 1. The molecular formula is C17H23NO. The Hall–Kier alpha value is -1.80. The minimum absolute atomic E-state index is 0. The molecule has 0 saturated heterocycles. The van der Waals surface area contributed by atoms with Crippen LogP contribution in [0.2, 0.25) is 0 Å². The third-order valence-electron chi connectivity index (χ3n) is 3.19. The molecule has 0 heterocycles. The van der Waals surface area contributed by atoms with Gasteiger partial charge in [-0.3, -0.25) is 0 Å². The van der Waals surface area contributed by atoms with Crippen LogP contribution in [-0.2, 0) is 0 Å². The van der Waals surface area contributed by atoms with Crippen molar-refractivity contribution in [1.82, 2.24) is 5.32 Å². The van der Waals surface area contributed by atoms with Crippen LogP contribution in [0.4, 0.5) is 0 Å². The highest BCUT2D eigenvalue weighted by atomic mass is 16.5. The normalized spacial score (nSPS) is 12.1. The standard InChI is InChI=1S/C17H21NO.H2/c1-14-8-6-7-11-16(14)19-17(12-13-18-2)15-9-4-3-5-10-15;/h3-11,17-18H,12-13H2,1-2H3;1H/t17-;/m1./s1. The molecular weight excluding hydrogens is 234 g/mol. The number of benzene rings is 2. The summed E-state index contributed by atoms with van der Waals surface area (Å²) in [6, 6.07) is 18.6. The van der Waals surface area contributed by atoms with E-state index < -0.39 is 0 Å². The van der Waals surface area contributed by atoms with Gasteiger partial charge in [-0.1, -0.05) is 48.5 Å². The first-order valence-corrected chi connectivity index (χ1v) is 6.73. The number of aryl methyl sites for hydroxylation is 1. The summed E-state index contributed by atoms with van der Waals surface area (Å²) in [6.07, 6.45) is 1.05. The van der Waals surface area contributed by atoms with Crippen LogP contribution in [0, 0.1) is 6.92 Å². The van der Waals surface area contributed by atoms with E-state index in [4.69, 9.17) is 4.74 Å². The second-order valence-corrected chi connectivity index (χ2v) is 4.67. The molecule has 1 atom stereocenters. The van der Waals surface area contributed by atoms with Gasteiger partial charge in [-0.25, -0.2) is 0 Å². The Morgan fingerprint density at radius 2 is 1.74 bits per heavy atom. The van der Waals surface area contributed by atoms with E-state index in [1.807, 2.05) is 31.3 Å². The van der Waals surface area contributed by atoms with E-state index in [1.54, 1.807) is 0 Å². The average molecular weight is 257 g/mol. The fourth-order valence-electron chi connectivity index (χ4n) is 2.08. The van der Waals surface area contributed by atoms with Crippen LogP contribution in [-0.4, -0.2) is 13.6 Å². The van der Waals surface area contributed by atoms with Gasteiger partial charge in [-0.15, -0.1) is 0 Å². The van der Waals surface area contributed by atoms with Gasteiger partial charge >= 0.3 is 0 Å². The molecule has 0 aliphatic rings. The summed E-state index contributed by atoms with van der Waals surface area (Å²) in [7, 11) is 1.97. The predicted octanol–water partition coefficient (Wildman–Crippen LogP) is 3.97. The van der Waals surface area contributed by atoms with Crippen molar-refractivity contribution in [3.05, 3.63) is 65.7 Å². The summed E-state index contributed by atoms with van der Waals surface area (Å²) in [5.74, 6) is 0.965. The van der Waals surface area contributed by atoms with E-state index in [-0.39, 0.29) is 7.53 Å². The number of rotatable bonds is 6. The minimum atomic E-state index is 0. The number of nitrogens with one attached hydrogen (secondary N) is 1. The molecule has 2 aromatic carbocycles. The van der Waals surface area contributed by atoms with Gasteiger partial charge in [0.2, 0.25) is 0 Å². The van der Waals surface area contributed by atoms with Gasteiger partial charge in [-0.05, 0) is 37.7 Å². The van der Waals surface area contributed by atoms with Crippen LogP contribution in [0.25, 0.3) is 0 Å². The Kier molecular flexibility index (Phi) is 4.99. The highest BCUT2D eigenvalue weighted by molar-refractivity contribution is 5.33. The zero-order chi connectivity index (χ0) is 13.5. The SMILES string of the molecule is CNCC[C@@H](Oc1ccccc1C)c1ccccc1.[HH]. The Morgan fingerprint density at radius 1 is 1.05 bits per heavy atom. The molecule has 0 aliphatic heterocycles. The Balaban J connectivity index is 0.00000200. The van der Waals surface area contributed by atoms with Crippen molar-refractivity contribution in [2.24, 2.45) is 0 Å². The van der Waals surface area contributed by atoms with Crippen LogP contribution in [0.1, 0.15) is 25.1 Å². The molecule has 2 heteroatoms. The summed E-state index contributed by atoms with van der Waals surface area (Å²) in [6.45, 7) is 3.01. The molecule has 1 N–H and O–H groups in total. The lowest BCUT2D eigenvalue weighted by Gasteiger charge is -2.20. The summed E-state index contributed by atoms with van der Waals surface area (Å²) in [5, 5.41) is 3.19. The zero-order valence-corrected chi connectivity index (χ0v) is 11.6. The smallest absolute Gasteiger partial charge is 0.125 e. The van der Waals surface area contributed by atoms with Crippen LogP contribution < -0.4 is 10.1 Å². The maximum atomic E-state index is 6.19. The van der Waals surface area contributed by atoms with E-state index in [0.717, 1.165) is 18.7 Å². The van der Waals surface area contributed by atoms with Gasteiger partial charge in [-0.2, -0.15) is 0 Å². The third-order valence-corrected chi connectivity index (χ3v) is 3.19. The maximum absolute atomic E-state index is 6.19. The van der Waals surface area contributed by atoms with Crippen LogP contribution in [0.3, 0.4) is 0 Å². The molecule has 0 saturated carbocycles. The first kappa shape index (κ1) is 13.6. The molecule has 0 radical (unpaired) electrons. The van der Waals surface area contributed by atoms with Crippen LogP contribution in [0.15, 0.2) is 54.6 Å². The van der Waals surface area contributed by atoms with E-state index >= 15 is 0 Å². The van der Waals surface area contributed by atoms with Gasteiger partial charge in [0.05, 0.1) is 0 Å². The van der Waals surface area contributed by atoms with Crippen molar-refractivity contribution >= 4 is 0 Å². The molecule has 2 aromatic rings. The van der Waals surface area contributed by atoms with Crippen LogP contribution in [0.5, 0.6) is 5.75 Å². The topological polar surface area (TPSA) is 21.3 Å². The first-order valence-electron chi connectivity index (χ1n) is 6.73.